The van der Waals surface area contributed by atoms with Gasteiger partial charge in [0, 0.05) is 14.2 Å². The average molecular weight is 245 g/mol. The van der Waals surface area contributed by atoms with Crippen LogP contribution in [0.3, 0.4) is 0 Å². The van der Waals surface area contributed by atoms with Crippen LogP contribution in [0.15, 0.2) is 0 Å². The first kappa shape index (κ1) is 14.3. The molecule has 1 amide bonds. The topological polar surface area (TPSA) is 48.0 Å². The molecule has 1 aliphatic rings. The first-order valence-corrected chi connectivity index (χ1v) is 5.88. The van der Waals surface area contributed by atoms with Crippen molar-refractivity contribution in [2.75, 3.05) is 27.4 Å². The van der Waals surface area contributed by atoms with Crippen LogP contribution < -0.4 is 0 Å². The lowest BCUT2D eigenvalue weighted by molar-refractivity contribution is 0.0130. The van der Waals surface area contributed by atoms with E-state index in [0.29, 0.717) is 13.2 Å². The summed E-state index contributed by atoms with van der Waals surface area (Å²) in [5.74, 6) is 0. The van der Waals surface area contributed by atoms with Crippen molar-refractivity contribution in [3.63, 3.8) is 0 Å². The summed E-state index contributed by atoms with van der Waals surface area (Å²) in [5.41, 5.74) is -0.472. The molecule has 2 atom stereocenters. The largest absolute Gasteiger partial charge is 0.444 e. The molecule has 5 heteroatoms. The molecule has 0 radical (unpaired) electrons. The summed E-state index contributed by atoms with van der Waals surface area (Å²) in [6.45, 7) is 6.67. The molecule has 1 aliphatic heterocycles. The lowest BCUT2D eigenvalue weighted by atomic mass is 10.2. The van der Waals surface area contributed by atoms with Crippen LogP contribution in [0.4, 0.5) is 4.79 Å². The van der Waals surface area contributed by atoms with Crippen molar-refractivity contribution in [1.29, 1.82) is 0 Å². The molecule has 1 heterocycles. The van der Waals surface area contributed by atoms with Crippen molar-refractivity contribution >= 4 is 6.09 Å². The van der Waals surface area contributed by atoms with Crippen molar-refractivity contribution < 1.29 is 19.0 Å². The standard InChI is InChI=1S/C12H23NO4/c1-12(2,3)17-11(14)13-7-10(16-5)6-9(13)8-15-4/h9-10H,6-8H2,1-5H3/t9-,10+/m0/s1. The van der Waals surface area contributed by atoms with Gasteiger partial charge in [-0.15, -0.1) is 0 Å². The van der Waals surface area contributed by atoms with Crippen LogP contribution in [0.5, 0.6) is 0 Å². The minimum Gasteiger partial charge on any atom is -0.444 e. The smallest absolute Gasteiger partial charge is 0.410 e. The third-order valence-corrected chi connectivity index (χ3v) is 2.70. The lowest BCUT2D eigenvalue weighted by Crippen LogP contribution is -2.41. The molecule has 0 aromatic carbocycles. The number of hydrogen-bond donors (Lipinski definition) is 0. The Hall–Kier alpha value is -0.810. The molecule has 0 aromatic rings. The minimum absolute atomic E-state index is 0.0415. The summed E-state index contributed by atoms with van der Waals surface area (Å²) >= 11 is 0. The number of hydrogen-bond acceptors (Lipinski definition) is 4. The van der Waals surface area contributed by atoms with E-state index in [0.717, 1.165) is 6.42 Å². The molecule has 100 valence electrons. The average Bonchev–Trinajstić information content (AvgIpc) is 2.59. The number of carbonyl (C=O) groups excluding carboxylic acids is 1. The van der Waals surface area contributed by atoms with Crippen LogP contribution in [0, 0.1) is 0 Å². The maximum absolute atomic E-state index is 12.0. The van der Waals surface area contributed by atoms with E-state index in [4.69, 9.17) is 14.2 Å². The summed E-state index contributed by atoms with van der Waals surface area (Å²) < 4.78 is 15.8. The molecular formula is C12H23NO4. The quantitative estimate of drug-likeness (QED) is 0.758. The van der Waals surface area contributed by atoms with Gasteiger partial charge in [-0.05, 0) is 27.2 Å². The maximum Gasteiger partial charge on any atom is 0.410 e. The van der Waals surface area contributed by atoms with Gasteiger partial charge < -0.3 is 19.1 Å². The van der Waals surface area contributed by atoms with Crippen LogP contribution in [0.25, 0.3) is 0 Å². The zero-order chi connectivity index (χ0) is 13.1. The van der Waals surface area contributed by atoms with E-state index >= 15 is 0 Å². The SMILES string of the molecule is COC[C@@H]1C[C@@H](OC)CN1C(=O)OC(C)(C)C. The van der Waals surface area contributed by atoms with Gasteiger partial charge in [0.15, 0.2) is 0 Å². The van der Waals surface area contributed by atoms with Crippen LogP contribution in [0.2, 0.25) is 0 Å². The van der Waals surface area contributed by atoms with Gasteiger partial charge in [0.2, 0.25) is 0 Å². The maximum atomic E-state index is 12.0. The third-order valence-electron chi connectivity index (χ3n) is 2.70. The summed E-state index contributed by atoms with van der Waals surface area (Å²) in [6.07, 6.45) is 0.575. The number of carbonyl (C=O) groups is 1. The summed E-state index contributed by atoms with van der Waals surface area (Å²) in [5, 5.41) is 0. The minimum atomic E-state index is -0.472. The first-order chi connectivity index (χ1) is 7.87. The predicted octanol–water partition coefficient (Wildman–Crippen LogP) is 1.66. The second-order valence-corrected chi connectivity index (χ2v) is 5.34. The molecule has 0 saturated carbocycles. The highest BCUT2D eigenvalue weighted by Gasteiger charge is 2.37. The van der Waals surface area contributed by atoms with Gasteiger partial charge in [-0.1, -0.05) is 0 Å². The lowest BCUT2D eigenvalue weighted by Gasteiger charge is -2.28. The normalized spacial score (nSPS) is 25.1. The number of methoxy groups -OCH3 is 2. The van der Waals surface area contributed by atoms with E-state index in [2.05, 4.69) is 0 Å². The van der Waals surface area contributed by atoms with E-state index in [-0.39, 0.29) is 18.2 Å². The predicted molar refractivity (Wildman–Crippen MR) is 64.0 cm³/mol. The second-order valence-electron chi connectivity index (χ2n) is 5.34. The van der Waals surface area contributed by atoms with Crippen LogP contribution >= 0.6 is 0 Å². The first-order valence-electron chi connectivity index (χ1n) is 5.88. The number of ether oxygens (including phenoxy) is 3. The molecule has 0 aliphatic carbocycles. The Bertz CT molecular complexity index is 262. The fourth-order valence-corrected chi connectivity index (χ4v) is 1.94. The monoisotopic (exact) mass is 245 g/mol. The number of amides is 1. The fraction of sp³-hybridized carbons (Fsp3) is 0.917. The molecule has 0 aromatic heterocycles. The highest BCUT2D eigenvalue weighted by molar-refractivity contribution is 5.69. The van der Waals surface area contributed by atoms with E-state index in [1.54, 1.807) is 19.1 Å². The summed E-state index contributed by atoms with van der Waals surface area (Å²) in [7, 11) is 3.29. The van der Waals surface area contributed by atoms with Gasteiger partial charge in [0.25, 0.3) is 0 Å². The van der Waals surface area contributed by atoms with Crippen molar-refractivity contribution in [2.45, 2.75) is 44.9 Å². The highest BCUT2D eigenvalue weighted by atomic mass is 16.6. The number of likely N-dealkylation sites (tertiary alicyclic amines) is 1. The van der Waals surface area contributed by atoms with Crippen LogP contribution in [0.1, 0.15) is 27.2 Å². The van der Waals surface area contributed by atoms with Crippen LogP contribution in [-0.4, -0.2) is 56.1 Å². The van der Waals surface area contributed by atoms with E-state index in [1.807, 2.05) is 20.8 Å². The highest BCUT2D eigenvalue weighted by Crippen LogP contribution is 2.22. The second kappa shape index (κ2) is 5.69. The van der Waals surface area contributed by atoms with Gasteiger partial charge in [-0.3, -0.25) is 0 Å². The Balaban J connectivity index is 2.63. The molecule has 1 rings (SSSR count). The molecule has 1 fully saturated rings. The zero-order valence-corrected chi connectivity index (χ0v) is 11.4. The molecule has 0 spiro atoms. The van der Waals surface area contributed by atoms with Crippen molar-refractivity contribution in [3.05, 3.63) is 0 Å². The van der Waals surface area contributed by atoms with E-state index < -0.39 is 5.60 Å². The molecule has 0 unspecified atom stereocenters. The van der Waals surface area contributed by atoms with Gasteiger partial charge in [0.1, 0.15) is 5.60 Å². The van der Waals surface area contributed by atoms with Crippen molar-refractivity contribution in [3.8, 4) is 0 Å². The third kappa shape index (κ3) is 4.16. The van der Waals surface area contributed by atoms with Gasteiger partial charge in [-0.2, -0.15) is 0 Å². The Morgan fingerprint density at radius 1 is 1.35 bits per heavy atom. The Morgan fingerprint density at radius 3 is 2.47 bits per heavy atom. The number of rotatable bonds is 3. The Labute approximate surface area is 103 Å². The van der Waals surface area contributed by atoms with Crippen molar-refractivity contribution in [1.82, 2.24) is 4.90 Å². The van der Waals surface area contributed by atoms with E-state index in [1.165, 1.54) is 0 Å². The Morgan fingerprint density at radius 2 is 2.00 bits per heavy atom. The molecule has 5 nitrogen and oxygen atoms in total. The molecule has 0 bridgehead atoms. The molecule has 0 N–H and O–H groups in total. The summed E-state index contributed by atoms with van der Waals surface area (Å²) in [4.78, 5) is 13.7. The van der Waals surface area contributed by atoms with Crippen LogP contribution in [-0.2, 0) is 14.2 Å². The van der Waals surface area contributed by atoms with Gasteiger partial charge in [-0.25, -0.2) is 4.79 Å². The van der Waals surface area contributed by atoms with Crippen molar-refractivity contribution in [2.24, 2.45) is 0 Å². The zero-order valence-electron chi connectivity index (χ0n) is 11.4. The summed E-state index contributed by atoms with van der Waals surface area (Å²) in [6, 6.07) is 0.0415. The van der Waals surface area contributed by atoms with Gasteiger partial charge in [0.05, 0.1) is 25.3 Å². The molecule has 1 saturated heterocycles. The van der Waals surface area contributed by atoms with Gasteiger partial charge >= 0.3 is 6.09 Å². The molecular weight excluding hydrogens is 222 g/mol. The number of nitrogens with zero attached hydrogens (tertiary/aromatic N) is 1. The Kier molecular flexibility index (Phi) is 4.77. The molecule has 17 heavy (non-hydrogen) atoms. The fourth-order valence-electron chi connectivity index (χ4n) is 1.94. The van der Waals surface area contributed by atoms with E-state index in [9.17, 15) is 4.79 Å².